The molecule has 0 saturated carbocycles. The number of ether oxygens (including phenoxy) is 5. The summed E-state index contributed by atoms with van der Waals surface area (Å²) in [4.78, 5) is 8.29. The molecule has 0 radical (unpaired) electrons. The van der Waals surface area contributed by atoms with E-state index in [2.05, 4.69) is 26.4 Å². The van der Waals surface area contributed by atoms with Crippen molar-refractivity contribution in [3.05, 3.63) is 36.7 Å². The van der Waals surface area contributed by atoms with Crippen LogP contribution in [0.4, 0.5) is 48.3 Å². The Bertz CT molecular complexity index is 1170. The lowest BCUT2D eigenvalue weighted by atomic mass is 10.1. The molecule has 0 aliphatic rings. The largest absolute Gasteiger partial charge is 0.490 e. The molecule has 262 valence electrons. The normalized spacial score (nSPS) is 13.2. The molecule has 0 aliphatic carbocycles. The van der Waals surface area contributed by atoms with Crippen LogP contribution in [-0.4, -0.2) is 67.0 Å². The SMILES string of the molecule is CCCCCCCCCCOc1cc(-c2ncccn2)ccc1OCCOCC(F)(F)OC(F)(F)C(F)(F)OC(F)(F)C(F)(F)F. The smallest absolute Gasteiger partial charge is 0.483 e. The van der Waals surface area contributed by atoms with E-state index in [0.29, 0.717) is 18.0 Å². The molecule has 0 unspecified atom stereocenters. The monoisotopic (exact) mass is 686 g/mol. The number of nitrogens with zero attached hydrogens (tertiary/aromatic N) is 2. The first-order valence-electron chi connectivity index (χ1n) is 14.1. The van der Waals surface area contributed by atoms with E-state index in [4.69, 9.17) is 9.47 Å². The third kappa shape index (κ3) is 12.7. The van der Waals surface area contributed by atoms with Crippen LogP contribution in [0.1, 0.15) is 58.3 Å². The number of rotatable bonds is 22. The molecule has 0 N–H and O–H groups in total. The van der Waals surface area contributed by atoms with Crippen LogP contribution < -0.4 is 9.47 Å². The number of unbranched alkanes of at least 4 members (excludes halogenated alkanes) is 7. The van der Waals surface area contributed by atoms with Gasteiger partial charge in [-0.25, -0.2) is 19.4 Å². The quantitative estimate of drug-likeness (QED) is 0.0905. The van der Waals surface area contributed by atoms with Crippen LogP contribution in [0.5, 0.6) is 11.5 Å². The van der Waals surface area contributed by atoms with Crippen molar-refractivity contribution >= 4 is 0 Å². The maximum absolute atomic E-state index is 13.7. The van der Waals surface area contributed by atoms with Gasteiger partial charge < -0.3 is 14.2 Å². The van der Waals surface area contributed by atoms with Crippen LogP contribution >= 0.6 is 0 Å². The molecule has 0 atom stereocenters. The highest BCUT2D eigenvalue weighted by Gasteiger charge is 2.72. The fourth-order valence-electron chi connectivity index (χ4n) is 3.70. The van der Waals surface area contributed by atoms with Gasteiger partial charge in [0, 0.05) is 18.0 Å². The average molecular weight is 687 g/mol. The summed E-state index contributed by atoms with van der Waals surface area (Å²) in [7, 11) is 0. The third-order valence-corrected chi connectivity index (χ3v) is 5.98. The summed E-state index contributed by atoms with van der Waals surface area (Å²) in [5, 5.41) is 0. The molecular formula is C28H33F11N2O5. The van der Waals surface area contributed by atoms with E-state index in [0.717, 1.165) is 38.5 Å². The van der Waals surface area contributed by atoms with Gasteiger partial charge in [-0.1, -0.05) is 51.9 Å². The predicted molar refractivity (Wildman–Crippen MR) is 140 cm³/mol. The molecule has 0 fully saturated rings. The Kier molecular flexibility index (Phi) is 14.7. The molecule has 0 spiro atoms. The van der Waals surface area contributed by atoms with Gasteiger partial charge in [0.2, 0.25) is 0 Å². The lowest BCUT2D eigenvalue weighted by Gasteiger charge is -2.31. The van der Waals surface area contributed by atoms with E-state index in [-0.39, 0.29) is 11.5 Å². The van der Waals surface area contributed by atoms with Crippen LogP contribution in [0, 0.1) is 0 Å². The molecule has 7 nitrogen and oxygen atoms in total. The maximum atomic E-state index is 13.7. The van der Waals surface area contributed by atoms with Crippen molar-refractivity contribution in [3.8, 4) is 22.9 Å². The van der Waals surface area contributed by atoms with Crippen LogP contribution in [0.2, 0.25) is 0 Å². The molecule has 1 aromatic carbocycles. The van der Waals surface area contributed by atoms with Gasteiger partial charge >= 0.3 is 30.6 Å². The molecule has 18 heteroatoms. The Morgan fingerprint density at radius 3 is 1.78 bits per heavy atom. The molecule has 2 aromatic rings. The van der Waals surface area contributed by atoms with Crippen molar-refractivity contribution in [2.24, 2.45) is 0 Å². The zero-order valence-electron chi connectivity index (χ0n) is 24.5. The van der Waals surface area contributed by atoms with Crippen LogP contribution in [0.15, 0.2) is 36.7 Å². The Balaban J connectivity index is 1.92. The number of halogens is 11. The lowest BCUT2D eigenvalue weighted by molar-refractivity contribution is -0.537. The van der Waals surface area contributed by atoms with Crippen LogP contribution in [-0.2, 0) is 14.2 Å². The minimum Gasteiger partial charge on any atom is -0.490 e. The number of alkyl halides is 11. The summed E-state index contributed by atoms with van der Waals surface area (Å²) >= 11 is 0. The average Bonchev–Trinajstić information content (AvgIpc) is 2.95. The number of aromatic nitrogens is 2. The summed E-state index contributed by atoms with van der Waals surface area (Å²) < 4.78 is 163. The molecular weight excluding hydrogens is 653 g/mol. The highest BCUT2D eigenvalue weighted by molar-refractivity contribution is 5.60. The summed E-state index contributed by atoms with van der Waals surface area (Å²) in [5.41, 5.74) is 0.557. The van der Waals surface area contributed by atoms with E-state index < -0.39 is 50.4 Å². The molecule has 0 aliphatic heterocycles. The molecule has 1 heterocycles. The summed E-state index contributed by atoms with van der Waals surface area (Å²) in [6.07, 6.45) is -20.9. The zero-order valence-corrected chi connectivity index (χ0v) is 24.5. The topological polar surface area (TPSA) is 71.9 Å². The highest BCUT2D eigenvalue weighted by atomic mass is 19.4. The highest BCUT2D eigenvalue weighted by Crippen LogP contribution is 2.47. The molecule has 0 saturated heterocycles. The van der Waals surface area contributed by atoms with Crippen molar-refractivity contribution < 1.29 is 72.0 Å². The van der Waals surface area contributed by atoms with Gasteiger partial charge in [-0.05, 0) is 30.7 Å². The van der Waals surface area contributed by atoms with E-state index in [1.807, 2.05) is 4.74 Å². The second-order valence-corrected chi connectivity index (χ2v) is 9.85. The van der Waals surface area contributed by atoms with Gasteiger partial charge in [0.25, 0.3) is 0 Å². The van der Waals surface area contributed by atoms with E-state index >= 15 is 0 Å². The van der Waals surface area contributed by atoms with Gasteiger partial charge in [-0.15, -0.1) is 0 Å². The molecule has 2 rings (SSSR count). The first-order chi connectivity index (χ1) is 21.4. The Hall–Kier alpha value is -2.99. The van der Waals surface area contributed by atoms with Crippen molar-refractivity contribution in [1.29, 1.82) is 0 Å². The molecule has 0 bridgehead atoms. The zero-order chi connectivity index (χ0) is 34.5. The van der Waals surface area contributed by atoms with Crippen LogP contribution in [0.3, 0.4) is 0 Å². The molecule has 46 heavy (non-hydrogen) atoms. The second kappa shape index (κ2) is 17.2. The van der Waals surface area contributed by atoms with Gasteiger partial charge in [0.05, 0.1) is 13.2 Å². The minimum atomic E-state index is -6.85. The van der Waals surface area contributed by atoms with Gasteiger partial charge in [0.1, 0.15) is 13.2 Å². The lowest BCUT2D eigenvalue weighted by Crippen LogP contribution is -2.55. The van der Waals surface area contributed by atoms with E-state index in [9.17, 15) is 48.3 Å². The molecule has 1 aromatic heterocycles. The molecule has 0 amide bonds. The van der Waals surface area contributed by atoms with Crippen molar-refractivity contribution in [2.75, 3.05) is 26.4 Å². The fourth-order valence-corrected chi connectivity index (χ4v) is 3.70. The van der Waals surface area contributed by atoms with Crippen LogP contribution in [0.25, 0.3) is 11.4 Å². The van der Waals surface area contributed by atoms with Crippen molar-refractivity contribution in [2.45, 2.75) is 88.9 Å². The summed E-state index contributed by atoms with van der Waals surface area (Å²) in [6, 6.07) is 6.22. The number of hydrogen-bond donors (Lipinski definition) is 0. The first kappa shape index (κ1) is 39.2. The Morgan fingerprint density at radius 1 is 0.609 bits per heavy atom. The van der Waals surface area contributed by atoms with Gasteiger partial charge in [0.15, 0.2) is 17.3 Å². The van der Waals surface area contributed by atoms with E-state index in [1.165, 1.54) is 31.3 Å². The van der Waals surface area contributed by atoms with Crippen molar-refractivity contribution in [3.63, 3.8) is 0 Å². The third-order valence-electron chi connectivity index (χ3n) is 5.98. The second-order valence-electron chi connectivity index (χ2n) is 9.85. The van der Waals surface area contributed by atoms with Gasteiger partial charge in [-0.2, -0.15) is 48.3 Å². The van der Waals surface area contributed by atoms with Crippen molar-refractivity contribution in [1.82, 2.24) is 9.97 Å². The maximum Gasteiger partial charge on any atom is 0.483 e. The Labute approximate surface area is 257 Å². The summed E-state index contributed by atoms with van der Waals surface area (Å²) in [5.74, 6) is 0.727. The van der Waals surface area contributed by atoms with E-state index in [1.54, 1.807) is 18.2 Å². The Morgan fingerprint density at radius 2 is 1.17 bits per heavy atom. The first-order valence-corrected chi connectivity index (χ1v) is 14.1. The fraction of sp³-hybridized carbons (Fsp3) is 0.643. The van der Waals surface area contributed by atoms with Gasteiger partial charge in [-0.3, -0.25) is 0 Å². The minimum absolute atomic E-state index is 0.125. The predicted octanol–water partition coefficient (Wildman–Crippen LogP) is 9.03. The standard InChI is InChI=1S/C28H33F11N2O5/c1-2-3-4-5-6-7-8-9-15-43-22-18-20(23-40-13-10-14-41-23)11-12-21(22)44-17-16-42-19-24(29,30)45-27(36,37)28(38,39)46-26(34,35)25(31,32)33/h10-14,18H,2-9,15-17,19H2,1H3. The summed E-state index contributed by atoms with van der Waals surface area (Å²) in [6.45, 7) is -0.955. The number of benzene rings is 1. The number of hydrogen-bond acceptors (Lipinski definition) is 7.